The maximum atomic E-state index is 14.2. The van der Waals surface area contributed by atoms with Crippen LogP contribution in [0.15, 0.2) is 42.5 Å². The van der Waals surface area contributed by atoms with Crippen LogP contribution in [0.3, 0.4) is 0 Å². The molecule has 0 spiro atoms. The summed E-state index contributed by atoms with van der Waals surface area (Å²) in [5, 5.41) is 12.6. The van der Waals surface area contributed by atoms with Gasteiger partial charge in [-0.1, -0.05) is 25.1 Å². The summed E-state index contributed by atoms with van der Waals surface area (Å²) < 4.78 is 26.9. The Labute approximate surface area is 180 Å². The van der Waals surface area contributed by atoms with Crippen molar-refractivity contribution in [2.45, 2.75) is 25.9 Å². The molecule has 0 bridgehead atoms. The molecule has 0 saturated carbocycles. The third-order valence-electron chi connectivity index (χ3n) is 6.14. The summed E-state index contributed by atoms with van der Waals surface area (Å²) in [7, 11) is 0. The summed E-state index contributed by atoms with van der Waals surface area (Å²) in [6.45, 7) is 6.42. The number of piperazine rings is 1. The zero-order chi connectivity index (χ0) is 21.2. The lowest BCUT2D eigenvalue weighted by Gasteiger charge is -2.37. The molecule has 0 aliphatic carbocycles. The van der Waals surface area contributed by atoms with Gasteiger partial charge in [-0.3, -0.25) is 0 Å². The number of quaternary nitrogens is 1. The number of aromatic nitrogens is 4. The van der Waals surface area contributed by atoms with Crippen LogP contribution < -0.4 is 19.3 Å². The van der Waals surface area contributed by atoms with Crippen LogP contribution in [0.1, 0.15) is 30.8 Å². The van der Waals surface area contributed by atoms with Crippen molar-refractivity contribution in [3.8, 4) is 11.5 Å². The number of para-hydroxylation sites is 1. The molecule has 0 radical (unpaired) electrons. The van der Waals surface area contributed by atoms with Crippen molar-refractivity contribution < 1.29 is 18.8 Å². The van der Waals surface area contributed by atoms with Crippen molar-refractivity contribution in [2.24, 2.45) is 0 Å². The fraction of sp³-hybridized carbons (Fsp3) is 0.409. The number of anilines is 1. The van der Waals surface area contributed by atoms with Crippen LogP contribution in [0.25, 0.3) is 0 Å². The lowest BCUT2D eigenvalue weighted by Crippen LogP contribution is -3.15. The maximum absolute atomic E-state index is 14.2. The van der Waals surface area contributed by atoms with Crippen LogP contribution in [0.2, 0.25) is 0 Å². The van der Waals surface area contributed by atoms with Gasteiger partial charge in [0.05, 0.1) is 38.4 Å². The van der Waals surface area contributed by atoms with E-state index in [4.69, 9.17) is 9.47 Å². The Morgan fingerprint density at radius 1 is 1.10 bits per heavy atom. The summed E-state index contributed by atoms with van der Waals surface area (Å²) in [6, 6.07) is 13.1. The number of benzene rings is 2. The van der Waals surface area contributed by atoms with Crippen LogP contribution >= 0.6 is 0 Å². The van der Waals surface area contributed by atoms with Crippen LogP contribution in [0, 0.1) is 5.82 Å². The molecule has 2 aliphatic rings. The van der Waals surface area contributed by atoms with E-state index in [9.17, 15) is 4.39 Å². The monoisotopic (exact) mass is 425 g/mol. The van der Waals surface area contributed by atoms with Crippen LogP contribution in [-0.4, -0.2) is 53.2 Å². The highest BCUT2D eigenvalue weighted by Crippen LogP contribution is 2.32. The van der Waals surface area contributed by atoms with Crippen molar-refractivity contribution in [2.75, 3.05) is 37.9 Å². The van der Waals surface area contributed by atoms with Crippen molar-refractivity contribution in [3.05, 3.63) is 59.7 Å². The third kappa shape index (κ3) is 3.93. The van der Waals surface area contributed by atoms with Gasteiger partial charge < -0.3 is 19.3 Å². The minimum Gasteiger partial charge on any atom is -0.454 e. The van der Waals surface area contributed by atoms with Gasteiger partial charge in [0.1, 0.15) is 11.9 Å². The first-order chi connectivity index (χ1) is 15.2. The van der Waals surface area contributed by atoms with E-state index in [1.165, 1.54) is 11.0 Å². The number of nitrogens with one attached hydrogen (secondary N) is 1. The van der Waals surface area contributed by atoms with Gasteiger partial charge in [0.2, 0.25) is 12.6 Å². The van der Waals surface area contributed by atoms with E-state index in [0.29, 0.717) is 12.2 Å². The fourth-order valence-corrected chi connectivity index (χ4v) is 4.53. The average Bonchev–Trinajstić information content (AvgIpc) is 3.45. The molecule has 31 heavy (non-hydrogen) atoms. The van der Waals surface area contributed by atoms with E-state index < -0.39 is 0 Å². The van der Waals surface area contributed by atoms with Crippen molar-refractivity contribution in [1.29, 1.82) is 0 Å². The van der Waals surface area contributed by atoms with E-state index >= 15 is 0 Å². The molecule has 162 valence electrons. The summed E-state index contributed by atoms with van der Waals surface area (Å²) in [5.41, 5.74) is 1.74. The molecule has 1 aromatic heterocycles. The second-order valence-electron chi connectivity index (χ2n) is 7.94. The first kappa shape index (κ1) is 19.7. The molecular weight excluding hydrogens is 399 g/mol. The predicted octanol–water partition coefficient (Wildman–Crippen LogP) is 1.45. The molecule has 0 unspecified atom stereocenters. The van der Waals surface area contributed by atoms with E-state index in [1.54, 1.807) is 6.07 Å². The smallest absolute Gasteiger partial charge is 0.231 e. The molecule has 1 N–H and O–H groups in total. The molecule has 1 atom stereocenters. The average molecular weight is 425 g/mol. The standard InChI is InChI=1S/C22H25FN6O2/c1-2-18(27-9-11-28(12-10-27)19-6-4-3-5-17(19)23)22-24-25-26-29(22)14-16-7-8-20-21(13-16)31-15-30-20/h3-8,13,18H,2,9-12,14-15H2,1H3/p+1/t18-/m0/s1. The number of hydrogen-bond acceptors (Lipinski definition) is 6. The summed E-state index contributed by atoms with van der Waals surface area (Å²) in [6.07, 6.45) is 0.927. The Balaban J connectivity index is 1.29. The van der Waals surface area contributed by atoms with Gasteiger partial charge in [-0.15, -0.1) is 5.10 Å². The number of nitrogens with zero attached hydrogens (tertiary/aromatic N) is 5. The van der Waals surface area contributed by atoms with Gasteiger partial charge in [-0.25, -0.2) is 9.07 Å². The minimum atomic E-state index is -0.161. The maximum Gasteiger partial charge on any atom is 0.231 e. The highest BCUT2D eigenvalue weighted by molar-refractivity contribution is 5.47. The Morgan fingerprint density at radius 3 is 2.71 bits per heavy atom. The number of ether oxygens (including phenoxy) is 2. The Morgan fingerprint density at radius 2 is 1.90 bits per heavy atom. The summed E-state index contributed by atoms with van der Waals surface area (Å²) >= 11 is 0. The molecular formula is C22H26FN6O2+. The van der Waals surface area contributed by atoms with Crippen molar-refractivity contribution >= 4 is 5.69 Å². The number of tetrazole rings is 1. The van der Waals surface area contributed by atoms with E-state index in [-0.39, 0.29) is 18.7 Å². The molecule has 1 saturated heterocycles. The molecule has 2 aromatic carbocycles. The number of fused-ring (bicyclic) bond motifs is 1. The second-order valence-corrected chi connectivity index (χ2v) is 7.94. The minimum absolute atomic E-state index is 0.161. The highest BCUT2D eigenvalue weighted by atomic mass is 19.1. The molecule has 0 amide bonds. The van der Waals surface area contributed by atoms with Gasteiger partial charge in [0.15, 0.2) is 11.5 Å². The van der Waals surface area contributed by atoms with Crippen LogP contribution in [-0.2, 0) is 6.54 Å². The molecule has 1 fully saturated rings. The van der Waals surface area contributed by atoms with Crippen LogP contribution in [0.5, 0.6) is 11.5 Å². The zero-order valence-electron chi connectivity index (χ0n) is 17.5. The Hall–Kier alpha value is -3.20. The number of halogens is 1. The SMILES string of the molecule is CC[C@@H](c1nnnn1Cc1ccc2c(c1)OCO2)[NH+]1CCN(c2ccccc2F)CC1. The predicted molar refractivity (Wildman–Crippen MR) is 112 cm³/mol. The van der Waals surface area contributed by atoms with E-state index in [2.05, 4.69) is 27.3 Å². The summed E-state index contributed by atoms with van der Waals surface area (Å²) in [5.74, 6) is 2.25. The Bertz CT molecular complexity index is 1050. The van der Waals surface area contributed by atoms with Gasteiger partial charge in [-0.05, 0) is 40.3 Å². The van der Waals surface area contributed by atoms with Gasteiger partial charge >= 0.3 is 0 Å². The van der Waals surface area contributed by atoms with Gasteiger partial charge in [-0.2, -0.15) is 0 Å². The van der Waals surface area contributed by atoms with Gasteiger partial charge in [0, 0.05) is 6.42 Å². The van der Waals surface area contributed by atoms with Crippen molar-refractivity contribution in [3.63, 3.8) is 0 Å². The topological polar surface area (TPSA) is 69.7 Å². The second kappa shape index (κ2) is 8.50. The normalized spacial score (nSPS) is 17.2. The quantitative estimate of drug-likeness (QED) is 0.645. The first-order valence-electron chi connectivity index (χ1n) is 10.7. The zero-order valence-corrected chi connectivity index (χ0v) is 17.5. The molecule has 3 aromatic rings. The molecule has 5 rings (SSSR count). The van der Waals surface area contributed by atoms with E-state index in [0.717, 1.165) is 55.5 Å². The van der Waals surface area contributed by atoms with Crippen molar-refractivity contribution in [1.82, 2.24) is 20.2 Å². The molecule has 2 aliphatic heterocycles. The Kier molecular flexibility index (Phi) is 5.42. The van der Waals surface area contributed by atoms with Crippen LogP contribution in [0.4, 0.5) is 10.1 Å². The number of hydrogen-bond donors (Lipinski definition) is 1. The number of rotatable bonds is 6. The molecule has 3 heterocycles. The highest BCUT2D eigenvalue weighted by Gasteiger charge is 2.32. The fourth-order valence-electron chi connectivity index (χ4n) is 4.53. The molecule has 8 nitrogen and oxygen atoms in total. The largest absolute Gasteiger partial charge is 0.454 e. The first-order valence-corrected chi connectivity index (χ1v) is 10.7. The third-order valence-corrected chi connectivity index (χ3v) is 6.14. The lowest BCUT2D eigenvalue weighted by atomic mass is 10.1. The lowest BCUT2D eigenvalue weighted by molar-refractivity contribution is -0.933. The van der Waals surface area contributed by atoms with E-state index in [1.807, 2.05) is 35.0 Å². The molecule has 9 heteroatoms. The van der Waals surface area contributed by atoms with Gasteiger partial charge in [0.25, 0.3) is 0 Å². The summed E-state index contributed by atoms with van der Waals surface area (Å²) in [4.78, 5) is 3.55.